The normalized spacial score (nSPS) is 17.0. The second kappa shape index (κ2) is 12.1. The molecule has 1 aliphatic heterocycles. The Morgan fingerprint density at radius 1 is 1.15 bits per heavy atom. The van der Waals surface area contributed by atoms with Gasteiger partial charge in [-0.05, 0) is 30.0 Å². The van der Waals surface area contributed by atoms with Crippen molar-refractivity contribution in [2.75, 3.05) is 45.9 Å². The smallest absolute Gasteiger partial charge is 0.368 e. The number of nitrogens with two attached hydrogens (primary N) is 1. The zero-order valence-electron chi connectivity index (χ0n) is 19.4. The molecular formula is C23H31F4N5O2. The van der Waals surface area contributed by atoms with Crippen LogP contribution in [0.15, 0.2) is 24.3 Å². The molecule has 2 atom stereocenters. The van der Waals surface area contributed by atoms with Crippen LogP contribution in [0.5, 0.6) is 0 Å². The Morgan fingerprint density at radius 2 is 1.74 bits per heavy atom. The Labute approximate surface area is 197 Å². The second-order valence-corrected chi connectivity index (χ2v) is 8.77. The van der Waals surface area contributed by atoms with Crippen LogP contribution in [0.3, 0.4) is 0 Å². The van der Waals surface area contributed by atoms with Gasteiger partial charge in [0, 0.05) is 38.3 Å². The number of nitrogens with zero attached hydrogens (tertiary/aromatic N) is 4. The summed E-state index contributed by atoms with van der Waals surface area (Å²) in [7, 11) is 0. The minimum atomic E-state index is -4.79. The van der Waals surface area contributed by atoms with Crippen LogP contribution in [-0.4, -0.2) is 84.7 Å². The van der Waals surface area contributed by atoms with Crippen LogP contribution in [0.2, 0.25) is 0 Å². The Kier molecular flexibility index (Phi) is 9.82. The average Bonchev–Trinajstić information content (AvgIpc) is 2.77. The standard InChI is InChI=1S/C23H31F4N5O2/c1-16(2)15-19(21(29)33)32(10-8-28)20(23(25,26)27)17-3-5-18(6-4-17)22(34)31-13-11-30(9-7-24)12-14-31/h3-6,16,19-20H,7,9-15H2,1-2H3,(H2,29,33)/t19-,20+/m0/s1. The molecule has 34 heavy (non-hydrogen) atoms. The van der Waals surface area contributed by atoms with E-state index in [0.717, 1.165) is 4.90 Å². The summed E-state index contributed by atoms with van der Waals surface area (Å²) in [5.74, 6) is -1.38. The lowest BCUT2D eigenvalue weighted by atomic mass is 9.96. The number of amides is 2. The minimum absolute atomic E-state index is 0.0640. The Morgan fingerprint density at radius 3 is 2.18 bits per heavy atom. The summed E-state index contributed by atoms with van der Waals surface area (Å²) < 4.78 is 55.0. The fourth-order valence-electron chi connectivity index (χ4n) is 4.18. The lowest BCUT2D eigenvalue weighted by Crippen LogP contribution is -2.51. The number of halogens is 4. The summed E-state index contributed by atoms with van der Waals surface area (Å²) in [6, 6.07) is 3.22. The second-order valence-electron chi connectivity index (χ2n) is 8.77. The quantitative estimate of drug-likeness (QED) is 0.406. The number of alkyl halides is 4. The van der Waals surface area contributed by atoms with Crippen LogP contribution in [0.4, 0.5) is 17.6 Å². The molecule has 1 aromatic carbocycles. The van der Waals surface area contributed by atoms with Gasteiger partial charge in [-0.15, -0.1) is 0 Å². The van der Waals surface area contributed by atoms with Gasteiger partial charge in [-0.1, -0.05) is 26.0 Å². The fourth-order valence-corrected chi connectivity index (χ4v) is 4.18. The minimum Gasteiger partial charge on any atom is -0.368 e. The number of primary amides is 1. The SMILES string of the molecule is CC(C)C[C@@H](C(N)=O)N(CC#N)[C@H](c1ccc(C(=O)N2CCN(CCF)CC2)cc1)C(F)(F)F. The maximum absolute atomic E-state index is 14.2. The molecule has 0 saturated carbocycles. The molecule has 1 aliphatic rings. The summed E-state index contributed by atoms with van der Waals surface area (Å²) in [5, 5.41) is 9.19. The Balaban J connectivity index is 2.29. The van der Waals surface area contributed by atoms with Gasteiger partial charge in [0.05, 0.1) is 18.7 Å². The predicted octanol–water partition coefficient (Wildman–Crippen LogP) is 2.74. The largest absolute Gasteiger partial charge is 0.408 e. The first-order valence-electron chi connectivity index (χ1n) is 11.2. The molecule has 0 unspecified atom stereocenters. The Hall–Kier alpha value is -2.71. The van der Waals surface area contributed by atoms with E-state index in [9.17, 15) is 32.4 Å². The van der Waals surface area contributed by atoms with Crippen molar-refractivity contribution < 1.29 is 27.2 Å². The average molecular weight is 486 g/mol. The lowest BCUT2D eigenvalue weighted by Gasteiger charge is -2.37. The van der Waals surface area contributed by atoms with Crippen LogP contribution < -0.4 is 5.73 Å². The number of carbonyl (C=O) groups is 2. The molecule has 11 heteroatoms. The van der Waals surface area contributed by atoms with E-state index in [2.05, 4.69) is 0 Å². The number of hydrogen-bond donors (Lipinski definition) is 1. The maximum atomic E-state index is 14.2. The molecule has 1 saturated heterocycles. The van der Waals surface area contributed by atoms with E-state index < -0.39 is 37.4 Å². The molecule has 2 rings (SSSR count). The van der Waals surface area contributed by atoms with Gasteiger partial charge in [0.2, 0.25) is 5.91 Å². The topological polar surface area (TPSA) is 93.7 Å². The molecule has 0 radical (unpaired) electrons. The number of benzene rings is 1. The van der Waals surface area contributed by atoms with Gasteiger partial charge in [-0.3, -0.25) is 19.4 Å². The summed E-state index contributed by atoms with van der Waals surface area (Å²) in [6.07, 6.45) is -4.73. The zero-order chi connectivity index (χ0) is 25.5. The van der Waals surface area contributed by atoms with Gasteiger partial charge < -0.3 is 10.6 Å². The van der Waals surface area contributed by atoms with Crippen molar-refractivity contribution in [1.82, 2.24) is 14.7 Å². The summed E-state index contributed by atoms with van der Waals surface area (Å²) in [5.41, 5.74) is 5.45. The number of piperazine rings is 1. The third kappa shape index (κ3) is 7.14. The molecule has 188 valence electrons. The molecule has 0 spiro atoms. The zero-order valence-corrected chi connectivity index (χ0v) is 19.4. The highest BCUT2D eigenvalue weighted by Crippen LogP contribution is 2.39. The van der Waals surface area contributed by atoms with Crippen molar-refractivity contribution in [3.63, 3.8) is 0 Å². The van der Waals surface area contributed by atoms with Gasteiger partial charge in [0.25, 0.3) is 5.91 Å². The molecular weight excluding hydrogens is 454 g/mol. The van der Waals surface area contributed by atoms with E-state index >= 15 is 0 Å². The highest BCUT2D eigenvalue weighted by molar-refractivity contribution is 5.94. The van der Waals surface area contributed by atoms with Gasteiger partial charge in [-0.2, -0.15) is 18.4 Å². The molecule has 0 aromatic heterocycles. The van der Waals surface area contributed by atoms with E-state index in [4.69, 9.17) is 5.73 Å². The van der Waals surface area contributed by atoms with Gasteiger partial charge in [0.15, 0.2) is 0 Å². The number of rotatable bonds is 10. The van der Waals surface area contributed by atoms with Crippen LogP contribution in [-0.2, 0) is 4.79 Å². The van der Waals surface area contributed by atoms with Crippen molar-refractivity contribution in [3.8, 4) is 6.07 Å². The summed E-state index contributed by atoms with van der Waals surface area (Å²) >= 11 is 0. The van der Waals surface area contributed by atoms with E-state index in [1.165, 1.54) is 24.3 Å². The predicted molar refractivity (Wildman–Crippen MR) is 118 cm³/mol. The number of carbonyl (C=O) groups excluding carboxylic acids is 2. The molecule has 1 heterocycles. The first-order valence-corrected chi connectivity index (χ1v) is 11.2. The van der Waals surface area contributed by atoms with Crippen LogP contribution in [0, 0.1) is 17.2 Å². The molecule has 0 bridgehead atoms. The van der Waals surface area contributed by atoms with Gasteiger partial charge >= 0.3 is 6.18 Å². The van der Waals surface area contributed by atoms with Crippen LogP contribution in [0.25, 0.3) is 0 Å². The molecule has 7 nitrogen and oxygen atoms in total. The van der Waals surface area contributed by atoms with E-state index in [1.807, 2.05) is 4.90 Å². The van der Waals surface area contributed by atoms with Crippen LogP contribution in [0.1, 0.15) is 42.2 Å². The number of hydrogen-bond acceptors (Lipinski definition) is 5. The van der Waals surface area contributed by atoms with E-state index in [-0.39, 0.29) is 29.4 Å². The van der Waals surface area contributed by atoms with E-state index in [1.54, 1.807) is 24.8 Å². The fraction of sp³-hybridized carbons (Fsp3) is 0.609. The molecule has 0 aliphatic carbocycles. The first-order chi connectivity index (χ1) is 16.0. The lowest BCUT2D eigenvalue weighted by molar-refractivity contribution is -0.192. The Bertz CT molecular complexity index is 862. The van der Waals surface area contributed by atoms with Crippen molar-refractivity contribution in [2.24, 2.45) is 11.7 Å². The summed E-state index contributed by atoms with van der Waals surface area (Å²) in [4.78, 5) is 29.1. The van der Waals surface area contributed by atoms with Gasteiger partial charge in [0.1, 0.15) is 12.7 Å². The molecule has 1 aromatic rings. The highest BCUT2D eigenvalue weighted by atomic mass is 19.4. The summed E-state index contributed by atoms with van der Waals surface area (Å²) in [6.45, 7) is 4.55. The van der Waals surface area contributed by atoms with Crippen molar-refractivity contribution >= 4 is 11.8 Å². The van der Waals surface area contributed by atoms with Crippen LogP contribution >= 0.6 is 0 Å². The monoisotopic (exact) mass is 485 g/mol. The van der Waals surface area contributed by atoms with Crippen molar-refractivity contribution in [3.05, 3.63) is 35.4 Å². The first kappa shape index (κ1) is 27.5. The van der Waals surface area contributed by atoms with E-state index in [0.29, 0.717) is 32.7 Å². The molecule has 2 N–H and O–H groups in total. The third-order valence-corrected chi connectivity index (χ3v) is 5.85. The number of nitriles is 1. The van der Waals surface area contributed by atoms with Gasteiger partial charge in [-0.25, -0.2) is 4.39 Å². The third-order valence-electron chi connectivity index (χ3n) is 5.85. The highest BCUT2D eigenvalue weighted by Gasteiger charge is 2.48. The van der Waals surface area contributed by atoms with Crippen molar-refractivity contribution in [2.45, 2.75) is 38.5 Å². The molecule has 1 fully saturated rings. The molecule has 2 amide bonds. The van der Waals surface area contributed by atoms with Crippen molar-refractivity contribution in [1.29, 1.82) is 5.26 Å². The maximum Gasteiger partial charge on any atom is 0.408 e.